The lowest BCUT2D eigenvalue weighted by Crippen LogP contribution is -2.46. The van der Waals surface area contributed by atoms with Crippen molar-refractivity contribution in [2.75, 3.05) is 7.05 Å². The van der Waals surface area contributed by atoms with Crippen LogP contribution < -0.4 is 5.32 Å². The summed E-state index contributed by atoms with van der Waals surface area (Å²) in [5.41, 5.74) is 1.71. The van der Waals surface area contributed by atoms with Gasteiger partial charge in [0.05, 0.1) is 6.20 Å². The summed E-state index contributed by atoms with van der Waals surface area (Å²) in [6.45, 7) is 10.4. The minimum absolute atomic E-state index is 0.329. The lowest BCUT2D eigenvalue weighted by Gasteiger charge is -2.44. The molecule has 0 amide bonds. The Labute approximate surface area is 124 Å². The molecule has 1 aromatic rings. The van der Waals surface area contributed by atoms with E-state index in [-0.39, 0.29) is 0 Å². The highest BCUT2D eigenvalue weighted by atomic mass is 15.3. The van der Waals surface area contributed by atoms with E-state index in [1.165, 1.54) is 24.8 Å². The molecule has 3 unspecified atom stereocenters. The summed E-state index contributed by atoms with van der Waals surface area (Å²) in [5.74, 6) is 1.62. The predicted octanol–water partition coefficient (Wildman–Crippen LogP) is 3.50. The molecule has 0 spiro atoms. The molecule has 114 valence electrons. The molecule has 20 heavy (non-hydrogen) atoms. The third kappa shape index (κ3) is 3.43. The van der Waals surface area contributed by atoms with Gasteiger partial charge in [-0.25, -0.2) is 0 Å². The first-order valence-corrected chi connectivity index (χ1v) is 8.15. The van der Waals surface area contributed by atoms with Gasteiger partial charge in [-0.2, -0.15) is 5.10 Å². The predicted molar refractivity (Wildman–Crippen MR) is 84.7 cm³/mol. The summed E-state index contributed by atoms with van der Waals surface area (Å²) in [7, 11) is 2.13. The number of aryl methyl sites for hydroxylation is 1. The van der Waals surface area contributed by atoms with Gasteiger partial charge in [0.2, 0.25) is 0 Å². The van der Waals surface area contributed by atoms with Crippen LogP contribution in [0.4, 0.5) is 0 Å². The van der Waals surface area contributed by atoms with Crippen molar-refractivity contribution in [1.29, 1.82) is 0 Å². The summed E-state index contributed by atoms with van der Waals surface area (Å²) in [4.78, 5) is 0. The molecule has 1 fully saturated rings. The van der Waals surface area contributed by atoms with Crippen molar-refractivity contribution in [2.45, 2.75) is 66.0 Å². The number of rotatable bonds is 5. The molecule has 1 aliphatic rings. The standard InChI is InChI=1S/C17H31N3/c1-6-20-12-14(11-19-20)10-17(3,4)15-8-7-13(2)9-16(15)18-5/h11-13,15-16,18H,6-10H2,1-5H3. The zero-order valence-electron chi connectivity index (χ0n) is 13.8. The van der Waals surface area contributed by atoms with E-state index in [2.05, 4.69) is 51.4 Å². The maximum atomic E-state index is 4.42. The number of nitrogens with zero attached hydrogens (tertiary/aromatic N) is 2. The van der Waals surface area contributed by atoms with Crippen molar-refractivity contribution in [2.24, 2.45) is 17.3 Å². The molecule has 3 nitrogen and oxygen atoms in total. The molecule has 0 radical (unpaired) electrons. The third-order valence-electron chi connectivity index (χ3n) is 5.16. The molecule has 1 heterocycles. The van der Waals surface area contributed by atoms with Crippen molar-refractivity contribution < 1.29 is 0 Å². The first-order valence-electron chi connectivity index (χ1n) is 8.15. The Morgan fingerprint density at radius 1 is 1.40 bits per heavy atom. The molecule has 0 bridgehead atoms. The second-order valence-electron chi connectivity index (χ2n) is 7.29. The van der Waals surface area contributed by atoms with Gasteiger partial charge in [-0.15, -0.1) is 0 Å². The smallest absolute Gasteiger partial charge is 0.0521 e. The zero-order chi connectivity index (χ0) is 14.8. The normalized spacial score (nSPS) is 27.8. The maximum absolute atomic E-state index is 4.42. The van der Waals surface area contributed by atoms with Gasteiger partial charge in [0, 0.05) is 18.8 Å². The summed E-state index contributed by atoms with van der Waals surface area (Å²) in [5, 5.41) is 7.99. The third-order valence-corrected chi connectivity index (χ3v) is 5.16. The first kappa shape index (κ1) is 15.6. The molecule has 3 heteroatoms. The molecule has 0 saturated heterocycles. The Bertz CT molecular complexity index is 422. The molecule has 1 aromatic heterocycles. The Hall–Kier alpha value is -0.830. The van der Waals surface area contributed by atoms with Crippen LogP contribution in [0.15, 0.2) is 12.4 Å². The van der Waals surface area contributed by atoms with Crippen molar-refractivity contribution in [1.82, 2.24) is 15.1 Å². The molecular formula is C17H31N3. The lowest BCUT2D eigenvalue weighted by molar-refractivity contribution is 0.0980. The van der Waals surface area contributed by atoms with E-state index >= 15 is 0 Å². The van der Waals surface area contributed by atoms with Crippen molar-refractivity contribution in [3.05, 3.63) is 18.0 Å². The molecule has 3 atom stereocenters. The monoisotopic (exact) mass is 277 g/mol. The van der Waals surface area contributed by atoms with Gasteiger partial charge in [0.25, 0.3) is 0 Å². The second kappa shape index (κ2) is 6.30. The van der Waals surface area contributed by atoms with Crippen LogP contribution in [-0.2, 0) is 13.0 Å². The molecule has 0 aliphatic heterocycles. The second-order valence-corrected chi connectivity index (χ2v) is 7.29. The van der Waals surface area contributed by atoms with Gasteiger partial charge in [0.1, 0.15) is 0 Å². The van der Waals surface area contributed by atoms with Gasteiger partial charge in [0.15, 0.2) is 0 Å². The van der Waals surface area contributed by atoms with E-state index in [1.807, 2.05) is 10.9 Å². The maximum Gasteiger partial charge on any atom is 0.0521 e. The summed E-state index contributed by atoms with van der Waals surface area (Å²) in [6.07, 6.45) is 9.43. The molecule has 2 rings (SSSR count). The molecule has 1 N–H and O–H groups in total. The Kier molecular flexibility index (Phi) is 4.90. The van der Waals surface area contributed by atoms with E-state index in [9.17, 15) is 0 Å². The highest BCUT2D eigenvalue weighted by molar-refractivity contribution is 5.08. The number of nitrogens with one attached hydrogen (secondary N) is 1. The van der Waals surface area contributed by atoms with Gasteiger partial charge in [-0.3, -0.25) is 4.68 Å². The van der Waals surface area contributed by atoms with Crippen LogP contribution in [0.5, 0.6) is 0 Å². The fraction of sp³-hybridized carbons (Fsp3) is 0.824. The molecule has 1 aliphatic carbocycles. The summed E-state index contributed by atoms with van der Waals surface area (Å²) >= 11 is 0. The van der Waals surface area contributed by atoms with Crippen LogP contribution in [0.3, 0.4) is 0 Å². The number of hydrogen-bond donors (Lipinski definition) is 1. The van der Waals surface area contributed by atoms with Crippen molar-refractivity contribution in [3.63, 3.8) is 0 Å². The molecular weight excluding hydrogens is 246 g/mol. The fourth-order valence-electron chi connectivity index (χ4n) is 3.96. The Morgan fingerprint density at radius 2 is 2.15 bits per heavy atom. The van der Waals surface area contributed by atoms with Crippen LogP contribution in [0, 0.1) is 17.3 Å². The number of aromatic nitrogens is 2. The SMILES string of the molecule is CCn1cc(CC(C)(C)C2CCC(C)CC2NC)cn1. The van der Waals surface area contributed by atoms with Crippen LogP contribution >= 0.6 is 0 Å². The van der Waals surface area contributed by atoms with Crippen LogP contribution in [-0.4, -0.2) is 22.9 Å². The van der Waals surface area contributed by atoms with E-state index in [1.54, 1.807) is 0 Å². The van der Waals surface area contributed by atoms with Gasteiger partial charge < -0.3 is 5.32 Å². The van der Waals surface area contributed by atoms with Gasteiger partial charge in [-0.05, 0) is 56.0 Å². The molecule has 1 saturated carbocycles. The van der Waals surface area contributed by atoms with Crippen molar-refractivity contribution >= 4 is 0 Å². The first-order chi connectivity index (χ1) is 9.46. The minimum Gasteiger partial charge on any atom is -0.317 e. The quantitative estimate of drug-likeness (QED) is 0.893. The highest BCUT2D eigenvalue weighted by Crippen LogP contribution is 2.42. The van der Waals surface area contributed by atoms with Gasteiger partial charge >= 0.3 is 0 Å². The van der Waals surface area contributed by atoms with Crippen LogP contribution in [0.25, 0.3) is 0 Å². The minimum atomic E-state index is 0.329. The summed E-state index contributed by atoms with van der Waals surface area (Å²) in [6, 6.07) is 0.662. The Morgan fingerprint density at radius 3 is 2.75 bits per heavy atom. The average molecular weight is 277 g/mol. The van der Waals surface area contributed by atoms with E-state index in [0.29, 0.717) is 11.5 Å². The van der Waals surface area contributed by atoms with E-state index in [0.717, 1.165) is 24.8 Å². The summed E-state index contributed by atoms with van der Waals surface area (Å²) < 4.78 is 2.03. The number of hydrogen-bond acceptors (Lipinski definition) is 2. The van der Waals surface area contributed by atoms with Crippen molar-refractivity contribution in [3.8, 4) is 0 Å². The average Bonchev–Trinajstić information content (AvgIpc) is 2.85. The topological polar surface area (TPSA) is 29.9 Å². The van der Waals surface area contributed by atoms with Crippen LogP contribution in [0.1, 0.15) is 52.5 Å². The van der Waals surface area contributed by atoms with Crippen LogP contribution in [0.2, 0.25) is 0 Å². The molecule has 0 aromatic carbocycles. The van der Waals surface area contributed by atoms with Gasteiger partial charge in [-0.1, -0.05) is 27.2 Å². The lowest BCUT2D eigenvalue weighted by atomic mass is 9.64. The van der Waals surface area contributed by atoms with E-state index in [4.69, 9.17) is 0 Å². The zero-order valence-corrected chi connectivity index (χ0v) is 13.8. The fourth-order valence-corrected chi connectivity index (χ4v) is 3.96. The highest BCUT2D eigenvalue weighted by Gasteiger charge is 2.38. The Balaban J connectivity index is 2.07. The van der Waals surface area contributed by atoms with E-state index < -0.39 is 0 Å². The largest absolute Gasteiger partial charge is 0.317 e.